The van der Waals surface area contributed by atoms with E-state index in [1.54, 1.807) is 14.2 Å². The van der Waals surface area contributed by atoms with Gasteiger partial charge in [0.15, 0.2) is 0 Å². The smallest absolute Gasteiger partial charge is 0.221 e. The fourth-order valence-corrected chi connectivity index (χ4v) is 2.25. The monoisotopic (exact) mass is 292 g/mol. The van der Waals surface area contributed by atoms with E-state index >= 15 is 0 Å². The van der Waals surface area contributed by atoms with E-state index in [0.717, 1.165) is 23.6 Å². The quantitative estimate of drug-likeness (QED) is 0.769. The molecule has 5 nitrogen and oxygen atoms in total. The van der Waals surface area contributed by atoms with Crippen molar-refractivity contribution < 1.29 is 14.3 Å². The number of nitrogens with one attached hydrogen (secondary N) is 2. The largest absolute Gasteiger partial charge is 0.497 e. The zero-order chi connectivity index (χ0) is 15.2. The molecule has 21 heavy (non-hydrogen) atoms. The molecule has 0 spiro atoms. The van der Waals surface area contributed by atoms with Crippen molar-refractivity contribution >= 4 is 5.91 Å². The summed E-state index contributed by atoms with van der Waals surface area (Å²) in [6.45, 7) is 2.68. The first-order valence-corrected chi connectivity index (χ1v) is 7.38. The topological polar surface area (TPSA) is 59.6 Å². The van der Waals surface area contributed by atoms with Crippen LogP contribution in [-0.4, -0.2) is 32.7 Å². The Morgan fingerprint density at radius 2 is 2.10 bits per heavy atom. The number of methoxy groups -OCH3 is 2. The zero-order valence-corrected chi connectivity index (χ0v) is 12.9. The molecular weight excluding hydrogens is 268 g/mol. The molecule has 1 saturated carbocycles. The molecule has 2 rings (SSSR count). The van der Waals surface area contributed by atoms with Gasteiger partial charge < -0.3 is 20.1 Å². The van der Waals surface area contributed by atoms with Crippen molar-refractivity contribution in [2.75, 3.05) is 20.8 Å². The van der Waals surface area contributed by atoms with Crippen LogP contribution in [0.3, 0.4) is 0 Å². The Balaban J connectivity index is 1.91. The lowest BCUT2D eigenvalue weighted by molar-refractivity contribution is -0.121. The summed E-state index contributed by atoms with van der Waals surface area (Å²) in [4.78, 5) is 12.0. The number of benzene rings is 1. The Bertz CT molecular complexity index is 486. The molecule has 0 bridgehead atoms. The molecule has 1 unspecified atom stereocenters. The highest BCUT2D eigenvalue weighted by molar-refractivity contribution is 5.76. The maximum atomic E-state index is 12.0. The minimum absolute atomic E-state index is 0.0422. The average Bonchev–Trinajstić information content (AvgIpc) is 3.30. The molecule has 2 N–H and O–H groups in total. The predicted molar refractivity (Wildman–Crippen MR) is 81.7 cm³/mol. The van der Waals surface area contributed by atoms with Gasteiger partial charge in [-0.3, -0.25) is 4.79 Å². The van der Waals surface area contributed by atoms with Crippen LogP contribution in [0.5, 0.6) is 11.5 Å². The highest BCUT2D eigenvalue weighted by Crippen LogP contribution is 2.29. The number of carbonyl (C=O) groups is 1. The third-order valence-electron chi connectivity index (χ3n) is 3.64. The van der Waals surface area contributed by atoms with Crippen LogP contribution < -0.4 is 20.1 Å². The van der Waals surface area contributed by atoms with Crippen molar-refractivity contribution in [2.45, 2.75) is 38.3 Å². The van der Waals surface area contributed by atoms with Crippen LogP contribution in [0.15, 0.2) is 18.2 Å². The maximum Gasteiger partial charge on any atom is 0.221 e. The minimum Gasteiger partial charge on any atom is -0.497 e. The van der Waals surface area contributed by atoms with Gasteiger partial charge in [0, 0.05) is 24.6 Å². The van der Waals surface area contributed by atoms with Crippen molar-refractivity contribution in [3.05, 3.63) is 23.8 Å². The van der Waals surface area contributed by atoms with Crippen LogP contribution in [-0.2, 0) is 4.79 Å². The number of ether oxygens (including phenoxy) is 2. The summed E-state index contributed by atoms with van der Waals surface area (Å²) in [7, 11) is 3.25. The van der Waals surface area contributed by atoms with E-state index in [-0.39, 0.29) is 11.9 Å². The summed E-state index contributed by atoms with van der Waals surface area (Å²) >= 11 is 0. The van der Waals surface area contributed by atoms with Gasteiger partial charge in [-0.1, -0.05) is 0 Å². The van der Waals surface area contributed by atoms with E-state index < -0.39 is 0 Å². The zero-order valence-electron chi connectivity index (χ0n) is 12.9. The summed E-state index contributed by atoms with van der Waals surface area (Å²) in [5.41, 5.74) is 0.917. The van der Waals surface area contributed by atoms with E-state index in [0.29, 0.717) is 12.5 Å². The van der Waals surface area contributed by atoms with Crippen LogP contribution in [0.2, 0.25) is 0 Å². The lowest BCUT2D eigenvalue weighted by Gasteiger charge is -2.18. The van der Waals surface area contributed by atoms with E-state index in [2.05, 4.69) is 10.6 Å². The third kappa shape index (κ3) is 4.63. The highest BCUT2D eigenvalue weighted by Gasteiger charge is 2.20. The molecule has 0 aliphatic heterocycles. The van der Waals surface area contributed by atoms with Gasteiger partial charge in [0.05, 0.1) is 20.3 Å². The van der Waals surface area contributed by atoms with Gasteiger partial charge in [-0.05, 0) is 38.0 Å². The third-order valence-corrected chi connectivity index (χ3v) is 3.64. The second-order valence-corrected chi connectivity index (χ2v) is 5.38. The highest BCUT2D eigenvalue weighted by atomic mass is 16.5. The van der Waals surface area contributed by atoms with E-state index in [1.807, 2.05) is 25.1 Å². The molecule has 1 aromatic rings. The summed E-state index contributed by atoms with van der Waals surface area (Å²) in [5, 5.41) is 6.34. The molecule has 0 radical (unpaired) electrons. The Kier molecular flexibility index (Phi) is 5.44. The van der Waals surface area contributed by atoms with Gasteiger partial charge in [-0.25, -0.2) is 0 Å². The van der Waals surface area contributed by atoms with Crippen LogP contribution in [0.4, 0.5) is 0 Å². The molecule has 1 amide bonds. The molecule has 116 valence electrons. The van der Waals surface area contributed by atoms with Gasteiger partial charge in [0.25, 0.3) is 0 Å². The first-order valence-electron chi connectivity index (χ1n) is 7.38. The second kappa shape index (κ2) is 7.31. The summed E-state index contributed by atoms with van der Waals surface area (Å²) in [6, 6.07) is 6.10. The summed E-state index contributed by atoms with van der Waals surface area (Å²) in [5.74, 6) is 1.54. The van der Waals surface area contributed by atoms with E-state index in [4.69, 9.17) is 9.47 Å². The molecule has 1 aliphatic rings. The normalized spacial score (nSPS) is 15.4. The first-order chi connectivity index (χ1) is 10.1. The molecule has 5 heteroatoms. The second-order valence-electron chi connectivity index (χ2n) is 5.38. The first kappa shape index (κ1) is 15.6. The lowest BCUT2D eigenvalue weighted by Crippen LogP contribution is -2.30. The van der Waals surface area contributed by atoms with Gasteiger partial charge in [0.1, 0.15) is 11.5 Å². The van der Waals surface area contributed by atoms with Crippen molar-refractivity contribution in [1.29, 1.82) is 0 Å². The van der Waals surface area contributed by atoms with Crippen molar-refractivity contribution in [2.24, 2.45) is 0 Å². The average molecular weight is 292 g/mol. The van der Waals surface area contributed by atoms with Crippen molar-refractivity contribution in [1.82, 2.24) is 10.6 Å². The van der Waals surface area contributed by atoms with Crippen LogP contribution >= 0.6 is 0 Å². The lowest BCUT2D eigenvalue weighted by atomic mass is 10.1. The Morgan fingerprint density at radius 1 is 1.33 bits per heavy atom. The van der Waals surface area contributed by atoms with Crippen LogP contribution in [0.25, 0.3) is 0 Å². The Labute approximate surface area is 126 Å². The summed E-state index contributed by atoms with van der Waals surface area (Å²) in [6.07, 6.45) is 2.96. The molecule has 1 aliphatic carbocycles. The molecule has 0 saturated heterocycles. The Morgan fingerprint density at radius 3 is 2.71 bits per heavy atom. The maximum absolute atomic E-state index is 12.0. The van der Waals surface area contributed by atoms with E-state index in [9.17, 15) is 4.79 Å². The number of amides is 1. The fraction of sp³-hybridized carbons (Fsp3) is 0.562. The molecule has 0 heterocycles. The van der Waals surface area contributed by atoms with Crippen molar-refractivity contribution in [3.8, 4) is 11.5 Å². The fourth-order valence-electron chi connectivity index (χ4n) is 2.25. The van der Waals surface area contributed by atoms with Crippen LogP contribution in [0.1, 0.15) is 37.8 Å². The molecule has 1 fully saturated rings. The molecular formula is C16H24N2O3. The number of hydrogen-bond acceptors (Lipinski definition) is 4. The minimum atomic E-state index is -0.122. The van der Waals surface area contributed by atoms with Gasteiger partial charge in [0.2, 0.25) is 5.91 Å². The summed E-state index contributed by atoms with van der Waals surface area (Å²) < 4.78 is 10.6. The number of rotatable bonds is 8. The van der Waals surface area contributed by atoms with Gasteiger partial charge in [-0.2, -0.15) is 0 Å². The van der Waals surface area contributed by atoms with Gasteiger partial charge in [-0.15, -0.1) is 0 Å². The van der Waals surface area contributed by atoms with Crippen LogP contribution in [0, 0.1) is 0 Å². The molecule has 1 aromatic carbocycles. The van der Waals surface area contributed by atoms with Gasteiger partial charge >= 0.3 is 0 Å². The predicted octanol–water partition coefficient (Wildman–Crippen LogP) is 2.02. The van der Waals surface area contributed by atoms with Crippen molar-refractivity contribution in [3.63, 3.8) is 0 Å². The SMILES string of the molecule is COc1ccc(OC)c(C(C)NC(=O)CCNC2CC2)c1. The molecule has 0 aromatic heterocycles. The standard InChI is InChI=1S/C16H24N2O3/c1-11(18-16(19)8-9-17-12-4-5-12)14-10-13(20-2)6-7-15(14)21-3/h6-7,10-12,17H,4-5,8-9H2,1-3H3,(H,18,19). The number of carbonyl (C=O) groups excluding carboxylic acids is 1. The Hall–Kier alpha value is -1.75. The number of hydrogen-bond donors (Lipinski definition) is 2. The van der Waals surface area contributed by atoms with E-state index in [1.165, 1.54) is 12.8 Å². The molecule has 1 atom stereocenters.